The van der Waals surface area contributed by atoms with E-state index in [9.17, 15) is 9.59 Å². The van der Waals surface area contributed by atoms with Crippen LogP contribution in [0.25, 0.3) is 0 Å². The molecule has 2 rings (SSSR count). The number of hydrogen-bond acceptors (Lipinski definition) is 2. The number of alkyl halides is 1. The van der Waals surface area contributed by atoms with E-state index in [1.165, 1.54) is 0 Å². The van der Waals surface area contributed by atoms with E-state index >= 15 is 0 Å². The smallest absolute Gasteiger partial charge is 0.241 e. The summed E-state index contributed by atoms with van der Waals surface area (Å²) in [6.07, 6.45) is 0. The molecule has 0 spiro atoms. The molecule has 2 unspecified atom stereocenters. The zero-order valence-corrected chi connectivity index (χ0v) is 10.8. The minimum atomic E-state index is -0.517. The van der Waals surface area contributed by atoms with Crippen molar-refractivity contribution in [2.24, 2.45) is 0 Å². The van der Waals surface area contributed by atoms with E-state index in [4.69, 9.17) is 11.6 Å². The number of hydrogen-bond donors (Lipinski definition) is 1. The molecule has 1 heterocycles. The summed E-state index contributed by atoms with van der Waals surface area (Å²) in [5, 5.41) is 2.86. The van der Waals surface area contributed by atoms with Crippen LogP contribution in [0.5, 0.6) is 0 Å². The van der Waals surface area contributed by atoms with Gasteiger partial charge in [-0.3, -0.25) is 14.9 Å². The van der Waals surface area contributed by atoms with Crippen LogP contribution in [-0.2, 0) is 9.59 Å². The monoisotopic (exact) mass is 301 g/mol. The molecular weight excluding hydrogens is 293 g/mol. The van der Waals surface area contributed by atoms with Gasteiger partial charge in [0, 0.05) is 5.02 Å². The fourth-order valence-electron chi connectivity index (χ4n) is 1.80. The average Bonchev–Trinajstić information content (AvgIpc) is 2.46. The van der Waals surface area contributed by atoms with E-state index in [1.807, 2.05) is 13.0 Å². The van der Waals surface area contributed by atoms with Crippen molar-refractivity contribution in [2.45, 2.75) is 17.7 Å². The molecule has 1 aromatic rings. The number of rotatable bonds is 1. The molecule has 1 fully saturated rings. The maximum Gasteiger partial charge on any atom is 0.241 e. The van der Waals surface area contributed by atoms with Gasteiger partial charge < -0.3 is 0 Å². The third kappa shape index (κ3) is 1.87. The Morgan fingerprint density at radius 3 is 2.56 bits per heavy atom. The quantitative estimate of drug-likeness (QED) is 0.638. The first-order valence-electron chi connectivity index (χ1n) is 4.75. The fourth-order valence-corrected chi connectivity index (χ4v) is 2.62. The van der Waals surface area contributed by atoms with Gasteiger partial charge in [0.1, 0.15) is 4.83 Å². The van der Waals surface area contributed by atoms with Crippen LogP contribution in [0.1, 0.15) is 17.0 Å². The minimum absolute atomic E-state index is 0.280. The molecule has 1 aliphatic heterocycles. The van der Waals surface area contributed by atoms with E-state index in [2.05, 4.69) is 21.2 Å². The third-order valence-electron chi connectivity index (χ3n) is 2.65. The van der Waals surface area contributed by atoms with Crippen molar-refractivity contribution in [3.63, 3.8) is 0 Å². The molecule has 3 nitrogen and oxygen atoms in total. The summed E-state index contributed by atoms with van der Waals surface area (Å²) in [7, 11) is 0. The molecule has 0 aliphatic carbocycles. The van der Waals surface area contributed by atoms with Crippen LogP contribution in [0, 0.1) is 6.92 Å². The predicted molar refractivity (Wildman–Crippen MR) is 64.8 cm³/mol. The number of amides is 2. The molecule has 0 aromatic heterocycles. The van der Waals surface area contributed by atoms with Gasteiger partial charge in [-0.25, -0.2) is 0 Å². The van der Waals surface area contributed by atoms with Gasteiger partial charge in [0.15, 0.2) is 0 Å². The topological polar surface area (TPSA) is 46.2 Å². The molecular formula is C11H9BrClNO2. The molecule has 0 radical (unpaired) electrons. The first-order valence-corrected chi connectivity index (χ1v) is 6.05. The molecule has 0 saturated carbocycles. The number of imide groups is 1. The second-order valence-corrected chi connectivity index (χ2v) is 5.16. The number of aryl methyl sites for hydroxylation is 1. The van der Waals surface area contributed by atoms with E-state index < -0.39 is 10.7 Å². The highest BCUT2D eigenvalue weighted by molar-refractivity contribution is 9.10. The lowest BCUT2D eigenvalue weighted by atomic mass is 9.93. The maximum absolute atomic E-state index is 11.7. The van der Waals surface area contributed by atoms with Crippen LogP contribution < -0.4 is 5.32 Å². The Hall–Kier alpha value is -0.870. The van der Waals surface area contributed by atoms with Gasteiger partial charge in [0.2, 0.25) is 11.8 Å². The van der Waals surface area contributed by atoms with Crippen molar-refractivity contribution in [1.82, 2.24) is 5.32 Å². The van der Waals surface area contributed by atoms with Gasteiger partial charge in [-0.2, -0.15) is 0 Å². The highest BCUT2D eigenvalue weighted by Crippen LogP contribution is 2.33. The van der Waals surface area contributed by atoms with Crippen molar-refractivity contribution >= 4 is 39.3 Å². The summed E-state index contributed by atoms with van der Waals surface area (Å²) in [5.74, 6) is -1.07. The van der Waals surface area contributed by atoms with Crippen molar-refractivity contribution in [1.29, 1.82) is 0 Å². The predicted octanol–water partition coefficient (Wildman–Crippen LogP) is 2.15. The number of benzene rings is 1. The Kier molecular flexibility index (Phi) is 3.04. The van der Waals surface area contributed by atoms with Crippen LogP contribution in [0.4, 0.5) is 0 Å². The lowest BCUT2D eigenvalue weighted by Crippen LogP contribution is -2.22. The number of nitrogens with one attached hydrogen (secondary N) is 1. The first kappa shape index (κ1) is 11.6. The molecule has 1 N–H and O–H groups in total. The molecule has 1 aromatic carbocycles. The van der Waals surface area contributed by atoms with Gasteiger partial charge in [-0.1, -0.05) is 33.6 Å². The summed E-state index contributed by atoms with van der Waals surface area (Å²) in [6, 6.07) is 5.33. The largest absolute Gasteiger partial charge is 0.295 e. The summed E-state index contributed by atoms with van der Waals surface area (Å²) < 4.78 is 0. The molecule has 1 aliphatic rings. The highest BCUT2D eigenvalue weighted by atomic mass is 79.9. The summed E-state index contributed by atoms with van der Waals surface area (Å²) >= 11 is 9.13. The van der Waals surface area contributed by atoms with Crippen molar-refractivity contribution < 1.29 is 9.59 Å². The second-order valence-electron chi connectivity index (χ2n) is 3.73. The van der Waals surface area contributed by atoms with E-state index in [0.717, 1.165) is 11.1 Å². The van der Waals surface area contributed by atoms with Crippen molar-refractivity contribution in [2.75, 3.05) is 0 Å². The van der Waals surface area contributed by atoms with Gasteiger partial charge in [-0.05, 0) is 30.2 Å². The summed E-state index contributed by atoms with van der Waals surface area (Å²) in [6.45, 7) is 1.89. The molecule has 2 amide bonds. The Morgan fingerprint density at radius 1 is 1.31 bits per heavy atom. The van der Waals surface area contributed by atoms with E-state index in [-0.39, 0.29) is 11.8 Å². The van der Waals surface area contributed by atoms with Gasteiger partial charge in [0.25, 0.3) is 0 Å². The van der Waals surface area contributed by atoms with Crippen LogP contribution in [-0.4, -0.2) is 16.6 Å². The normalized spacial score (nSPS) is 24.7. The molecule has 1 saturated heterocycles. The highest BCUT2D eigenvalue weighted by Gasteiger charge is 2.41. The van der Waals surface area contributed by atoms with Crippen molar-refractivity contribution in [3.05, 3.63) is 34.3 Å². The second kappa shape index (κ2) is 4.18. The van der Waals surface area contributed by atoms with Crippen molar-refractivity contribution in [3.8, 4) is 0 Å². The Bertz CT molecular complexity index is 475. The van der Waals surface area contributed by atoms with Crippen LogP contribution in [0.2, 0.25) is 5.02 Å². The number of halogens is 2. The lowest BCUT2D eigenvalue weighted by Gasteiger charge is -2.13. The summed E-state index contributed by atoms with van der Waals surface area (Å²) in [5.41, 5.74) is 1.74. The average molecular weight is 303 g/mol. The SMILES string of the molecule is Cc1ccc(Cl)cc1C1C(=O)NC(=O)C1Br. The van der Waals surface area contributed by atoms with Crippen LogP contribution in [0.15, 0.2) is 18.2 Å². The molecule has 0 bridgehead atoms. The van der Waals surface area contributed by atoms with Gasteiger partial charge in [-0.15, -0.1) is 0 Å². The Morgan fingerprint density at radius 2 is 2.00 bits per heavy atom. The van der Waals surface area contributed by atoms with E-state index in [1.54, 1.807) is 12.1 Å². The first-order chi connectivity index (χ1) is 7.50. The number of carbonyl (C=O) groups is 2. The molecule has 2 atom stereocenters. The van der Waals surface area contributed by atoms with Crippen LogP contribution in [0.3, 0.4) is 0 Å². The van der Waals surface area contributed by atoms with Gasteiger partial charge >= 0.3 is 0 Å². The zero-order chi connectivity index (χ0) is 11.9. The Labute approximate surface area is 106 Å². The fraction of sp³-hybridized carbons (Fsp3) is 0.273. The standard InChI is InChI=1S/C11H9BrClNO2/c1-5-2-3-6(13)4-7(5)8-9(12)11(16)14-10(8)15/h2-4,8-9H,1H3,(H,14,15,16). The molecule has 16 heavy (non-hydrogen) atoms. The zero-order valence-electron chi connectivity index (χ0n) is 8.46. The van der Waals surface area contributed by atoms with Gasteiger partial charge in [0.05, 0.1) is 5.92 Å². The maximum atomic E-state index is 11.7. The summed E-state index contributed by atoms with van der Waals surface area (Å²) in [4.78, 5) is 22.5. The van der Waals surface area contributed by atoms with E-state index in [0.29, 0.717) is 5.02 Å². The van der Waals surface area contributed by atoms with Crippen LogP contribution >= 0.6 is 27.5 Å². The molecule has 5 heteroatoms. The third-order valence-corrected chi connectivity index (χ3v) is 3.83. The number of carbonyl (C=O) groups excluding carboxylic acids is 2. The Balaban J connectivity index is 2.48. The minimum Gasteiger partial charge on any atom is -0.295 e. The lowest BCUT2D eigenvalue weighted by molar-refractivity contribution is -0.125. The molecule has 84 valence electrons.